The predicted molar refractivity (Wildman–Crippen MR) is 48.6 cm³/mol. The molecule has 0 radical (unpaired) electrons. The van der Waals surface area contributed by atoms with Crippen LogP contribution < -0.4 is 5.32 Å². The van der Waals surface area contributed by atoms with Gasteiger partial charge >= 0.3 is 6.09 Å². The SMILES string of the molecule is CC(C)OC(=O)NC1CCOCC1. The average Bonchev–Trinajstić information content (AvgIpc) is 2.04. The summed E-state index contributed by atoms with van der Waals surface area (Å²) >= 11 is 0. The van der Waals surface area contributed by atoms with Gasteiger partial charge in [-0.15, -0.1) is 0 Å². The van der Waals surface area contributed by atoms with Crippen molar-refractivity contribution in [3.05, 3.63) is 0 Å². The Morgan fingerprint density at radius 3 is 2.62 bits per heavy atom. The molecule has 1 aliphatic heterocycles. The second-order valence-electron chi connectivity index (χ2n) is 3.49. The van der Waals surface area contributed by atoms with Crippen molar-refractivity contribution in [2.24, 2.45) is 0 Å². The highest BCUT2D eigenvalue weighted by molar-refractivity contribution is 5.67. The highest BCUT2D eigenvalue weighted by Crippen LogP contribution is 2.06. The Balaban J connectivity index is 2.18. The highest BCUT2D eigenvalue weighted by Gasteiger charge is 2.16. The third-order valence-corrected chi connectivity index (χ3v) is 1.89. The molecule has 0 bridgehead atoms. The van der Waals surface area contributed by atoms with E-state index in [1.54, 1.807) is 0 Å². The molecule has 4 nitrogen and oxygen atoms in total. The lowest BCUT2D eigenvalue weighted by atomic mass is 10.1. The molecule has 0 aromatic heterocycles. The van der Waals surface area contributed by atoms with Crippen LogP contribution in [0, 0.1) is 0 Å². The molecular formula is C9H17NO3. The molecule has 0 aromatic carbocycles. The summed E-state index contributed by atoms with van der Waals surface area (Å²) in [7, 11) is 0. The Bertz CT molecular complexity index is 164. The van der Waals surface area contributed by atoms with Crippen LogP contribution >= 0.6 is 0 Å². The molecule has 1 amide bonds. The Labute approximate surface area is 78.6 Å². The lowest BCUT2D eigenvalue weighted by molar-refractivity contribution is 0.0687. The molecular weight excluding hydrogens is 170 g/mol. The molecule has 0 aliphatic carbocycles. The summed E-state index contributed by atoms with van der Waals surface area (Å²) in [4.78, 5) is 11.1. The van der Waals surface area contributed by atoms with E-state index in [1.165, 1.54) is 0 Å². The van der Waals surface area contributed by atoms with Crippen LogP contribution in [0.4, 0.5) is 4.79 Å². The summed E-state index contributed by atoms with van der Waals surface area (Å²) in [5.41, 5.74) is 0. The van der Waals surface area contributed by atoms with Gasteiger partial charge < -0.3 is 14.8 Å². The van der Waals surface area contributed by atoms with Crippen molar-refractivity contribution in [3.63, 3.8) is 0 Å². The molecule has 76 valence electrons. The summed E-state index contributed by atoms with van der Waals surface area (Å²) in [5, 5.41) is 2.81. The molecule has 1 aliphatic rings. The molecule has 1 saturated heterocycles. The van der Waals surface area contributed by atoms with Crippen LogP contribution in [-0.4, -0.2) is 31.5 Å². The lowest BCUT2D eigenvalue weighted by Gasteiger charge is -2.23. The standard InChI is InChI=1S/C9H17NO3/c1-7(2)13-9(11)10-8-3-5-12-6-4-8/h7-8H,3-6H2,1-2H3,(H,10,11). The van der Waals surface area contributed by atoms with Crippen molar-refractivity contribution in [1.82, 2.24) is 5.32 Å². The van der Waals surface area contributed by atoms with Gasteiger partial charge in [-0.1, -0.05) is 0 Å². The summed E-state index contributed by atoms with van der Waals surface area (Å²) in [5.74, 6) is 0. The van der Waals surface area contributed by atoms with Gasteiger partial charge in [0.1, 0.15) is 0 Å². The zero-order valence-electron chi connectivity index (χ0n) is 8.21. The van der Waals surface area contributed by atoms with Crippen LogP contribution in [0.5, 0.6) is 0 Å². The van der Waals surface area contributed by atoms with Crippen LogP contribution in [0.1, 0.15) is 26.7 Å². The van der Waals surface area contributed by atoms with Crippen molar-refractivity contribution in [3.8, 4) is 0 Å². The van der Waals surface area contributed by atoms with Gasteiger partial charge in [0.15, 0.2) is 0 Å². The van der Waals surface area contributed by atoms with E-state index in [2.05, 4.69) is 5.32 Å². The largest absolute Gasteiger partial charge is 0.447 e. The van der Waals surface area contributed by atoms with Gasteiger partial charge in [0, 0.05) is 19.3 Å². The topological polar surface area (TPSA) is 47.6 Å². The molecule has 1 N–H and O–H groups in total. The summed E-state index contributed by atoms with van der Waals surface area (Å²) < 4.78 is 10.1. The maximum atomic E-state index is 11.1. The van der Waals surface area contributed by atoms with Crippen molar-refractivity contribution in [2.75, 3.05) is 13.2 Å². The number of nitrogens with one attached hydrogen (secondary N) is 1. The predicted octanol–water partition coefficient (Wildman–Crippen LogP) is 1.30. The average molecular weight is 187 g/mol. The highest BCUT2D eigenvalue weighted by atomic mass is 16.6. The van der Waals surface area contributed by atoms with Crippen molar-refractivity contribution in [2.45, 2.75) is 38.8 Å². The third kappa shape index (κ3) is 4.12. The molecule has 0 atom stereocenters. The lowest BCUT2D eigenvalue weighted by Crippen LogP contribution is -2.39. The monoisotopic (exact) mass is 187 g/mol. The van der Waals surface area contributed by atoms with Gasteiger partial charge in [-0.25, -0.2) is 4.79 Å². The van der Waals surface area contributed by atoms with Crippen LogP contribution in [0.3, 0.4) is 0 Å². The first-order chi connectivity index (χ1) is 6.18. The molecule has 0 spiro atoms. The Morgan fingerprint density at radius 2 is 2.08 bits per heavy atom. The van der Waals surface area contributed by atoms with Gasteiger partial charge in [0.25, 0.3) is 0 Å². The van der Waals surface area contributed by atoms with Crippen molar-refractivity contribution < 1.29 is 14.3 Å². The molecule has 13 heavy (non-hydrogen) atoms. The van der Waals surface area contributed by atoms with Crippen molar-refractivity contribution >= 4 is 6.09 Å². The van der Waals surface area contributed by atoms with Gasteiger partial charge in [0.05, 0.1) is 6.10 Å². The fourth-order valence-corrected chi connectivity index (χ4v) is 1.26. The maximum Gasteiger partial charge on any atom is 0.407 e. The first kappa shape index (κ1) is 10.3. The maximum absolute atomic E-state index is 11.1. The minimum Gasteiger partial charge on any atom is -0.447 e. The number of carbonyl (C=O) groups excluding carboxylic acids is 1. The van der Waals surface area contributed by atoms with E-state index in [0.717, 1.165) is 26.1 Å². The normalized spacial score (nSPS) is 18.7. The van der Waals surface area contributed by atoms with Crippen LogP contribution in [0.15, 0.2) is 0 Å². The van der Waals surface area contributed by atoms with E-state index in [-0.39, 0.29) is 18.2 Å². The zero-order chi connectivity index (χ0) is 9.68. The molecule has 4 heteroatoms. The number of rotatable bonds is 2. The fourth-order valence-electron chi connectivity index (χ4n) is 1.26. The molecule has 0 unspecified atom stereocenters. The van der Waals surface area contributed by atoms with Gasteiger partial charge in [-0.3, -0.25) is 0 Å². The number of alkyl carbamates (subject to hydrolysis) is 1. The molecule has 1 fully saturated rings. The first-order valence-electron chi connectivity index (χ1n) is 4.73. The van der Waals surface area contributed by atoms with E-state index in [4.69, 9.17) is 9.47 Å². The van der Waals surface area contributed by atoms with E-state index >= 15 is 0 Å². The number of carbonyl (C=O) groups is 1. The summed E-state index contributed by atoms with van der Waals surface area (Å²) in [6.07, 6.45) is 1.39. The molecule has 1 rings (SSSR count). The summed E-state index contributed by atoms with van der Waals surface area (Å²) in [6.45, 7) is 5.13. The van der Waals surface area contributed by atoms with Gasteiger partial charge in [0.2, 0.25) is 0 Å². The zero-order valence-corrected chi connectivity index (χ0v) is 8.21. The minimum atomic E-state index is -0.318. The van der Waals surface area contributed by atoms with Crippen LogP contribution in [0.2, 0.25) is 0 Å². The number of ether oxygens (including phenoxy) is 2. The Morgan fingerprint density at radius 1 is 1.46 bits per heavy atom. The Hall–Kier alpha value is -0.770. The second-order valence-corrected chi connectivity index (χ2v) is 3.49. The van der Waals surface area contributed by atoms with Crippen LogP contribution in [0.25, 0.3) is 0 Å². The number of hydrogen-bond donors (Lipinski definition) is 1. The number of hydrogen-bond acceptors (Lipinski definition) is 3. The molecule has 0 aromatic rings. The van der Waals surface area contributed by atoms with E-state index in [9.17, 15) is 4.79 Å². The van der Waals surface area contributed by atoms with Crippen molar-refractivity contribution in [1.29, 1.82) is 0 Å². The van der Waals surface area contributed by atoms with Crippen LogP contribution in [-0.2, 0) is 9.47 Å². The van der Waals surface area contributed by atoms with Gasteiger partial charge in [-0.2, -0.15) is 0 Å². The first-order valence-corrected chi connectivity index (χ1v) is 4.73. The Kier molecular flexibility index (Phi) is 4.02. The van der Waals surface area contributed by atoms with E-state index < -0.39 is 0 Å². The summed E-state index contributed by atoms with van der Waals surface area (Å²) in [6, 6.07) is 0.222. The smallest absolute Gasteiger partial charge is 0.407 e. The van der Waals surface area contributed by atoms with E-state index in [0.29, 0.717) is 0 Å². The third-order valence-electron chi connectivity index (χ3n) is 1.89. The van der Waals surface area contributed by atoms with Gasteiger partial charge in [-0.05, 0) is 26.7 Å². The second kappa shape index (κ2) is 5.07. The minimum absolute atomic E-state index is 0.0557. The number of amides is 1. The molecule has 1 heterocycles. The van der Waals surface area contributed by atoms with E-state index in [1.807, 2.05) is 13.8 Å². The fraction of sp³-hybridized carbons (Fsp3) is 0.889. The quantitative estimate of drug-likeness (QED) is 0.708. The molecule has 0 saturated carbocycles.